The maximum absolute atomic E-state index is 12.0. The number of rotatable bonds is 8. The third-order valence-corrected chi connectivity index (χ3v) is 3.75. The number of carbonyl (C=O) groups excluding carboxylic acids is 2. The van der Waals surface area contributed by atoms with Gasteiger partial charge in [0.1, 0.15) is 5.75 Å². The van der Waals surface area contributed by atoms with E-state index in [1.165, 1.54) is 5.56 Å². The van der Waals surface area contributed by atoms with Crippen LogP contribution in [0.2, 0.25) is 0 Å². The first kappa shape index (κ1) is 19.5. The van der Waals surface area contributed by atoms with E-state index < -0.39 is 0 Å². The average molecular weight is 354 g/mol. The van der Waals surface area contributed by atoms with Gasteiger partial charge in [-0.3, -0.25) is 9.59 Å². The summed E-state index contributed by atoms with van der Waals surface area (Å²) in [4.78, 5) is 23.7. The van der Waals surface area contributed by atoms with Crippen molar-refractivity contribution in [3.8, 4) is 5.75 Å². The smallest absolute Gasteiger partial charge is 0.262 e. The summed E-state index contributed by atoms with van der Waals surface area (Å²) in [7, 11) is 0. The van der Waals surface area contributed by atoms with E-state index in [2.05, 4.69) is 17.6 Å². The molecule has 0 fully saturated rings. The number of ether oxygens (including phenoxy) is 1. The van der Waals surface area contributed by atoms with Crippen molar-refractivity contribution in [3.05, 3.63) is 54.1 Å². The average Bonchev–Trinajstić information content (AvgIpc) is 2.61. The predicted octanol–water partition coefficient (Wildman–Crippen LogP) is 4.25. The molecule has 0 bridgehead atoms. The van der Waals surface area contributed by atoms with Crippen LogP contribution in [0.15, 0.2) is 48.5 Å². The lowest BCUT2D eigenvalue weighted by atomic mass is 10.1. The largest absolute Gasteiger partial charge is 0.484 e. The van der Waals surface area contributed by atoms with Gasteiger partial charge in [0, 0.05) is 17.8 Å². The summed E-state index contributed by atoms with van der Waals surface area (Å²) >= 11 is 0. The van der Waals surface area contributed by atoms with Crippen LogP contribution in [0.5, 0.6) is 5.75 Å². The zero-order chi connectivity index (χ0) is 18.9. The molecule has 0 heterocycles. The lowest BCUT2D eigenvalue weighted by Crippen LogP contribution is -2.20. The van der Waals surface area contributed by atoms with Crippen molar-refractivity contribution in [1.82, 2.24) is 0 Å². The highest BCUT2D eigenvalue weighted by molar-refractivity contribution is 5.93. The molecule has 0 saturated heterocycles. The fraction of sp³-hybridized carbons (Fsp3) is 0.333. The molecule has 0 saturated carbocycles. The third-order valence-electron chi connectivity index (χ3n) is 3.75. The van der Waals surface area contributed by atoms with E-state index in [1.807, 2.05) is 38.1 Å². The second-order valence-corrected chi connectivity index (χ2v) is 6.56. The van der Waals surface area contributed by atoms with Crippen LogP contribution in [0.1, 0.15) is 32.8 Å². The molecule has 2 N–H and O–H groups in total. The van der Waals surface area contributed by atoms with Crippen LogP contribution in [0.4, 0.5) is 11.4 Å². The van der Waals surface area contributed by atoms with Crippen LogP contribution in [0.3, 0.4) is 0 Å². The molecule has 0 unspecified atom stereocenters. The van der Waals surface area contributed by atoms with Gasteiger partial charge in [-0.2, -0.15) is 0 Å². The Labute approximate surface area is 154 Å². The molecule has 2 rings (SSSR count). The summed E-state index contributed by atoms with van der Waals surface area (Å²) in [5.41, 5.74) is 2.59. The van der Waals surface area contributed by atoms with E-state index >= 15 is 0 Å². The Balaban J connectivity index is 1.80. The second-order valence-electron chi connectivity index (χ2n) is 6.56. The number of hydrogen-bond acceptors (Lipinski definition) is 3. The highest BCUT2D eigenvalue weighted by Crippen LogP contribution is 2.15. The van der Waals surface area contributed by atoms with E-state index in [1.54, 1.807) is 24.3 Å². The number of amides is 2. The first-order chi connectivity index (χ1) is 12.5. The lowest BCUT2D eigenvalue weighted by Gasteiger charge is -2.10. The molecule has 0 radical (unpaired) electrons. The maximum atomic E-state index is 12.0. The van der Waals surface area contributed by atoms with E-state index in [0.29, 0.717) is 29.5 Å². The minimum atomic E-state index is -0.235. The molecule has 2 aromatic rings. The van der Waals surface area contributed by atoms with Crippen molar-refractivity contribution in [3.63, 3.8) is 0 Å². The quantitative estimate of drug-likeness (QED) is 0.745. The molecule has 0 aliphatic rings. The fourth-order valence-corrected chi connectivity index (χ4v) is 2.39. The first-order valence-corrected chi connectivity index (χ1v) is 8.87. The van der Waals surface area contributed by atoms with E-state index in [0.717, 1.165) is 6.42 Å². The molecule has 0 aromatic heterocycles. The molecular weight excluding hydrogens is 328 g/mol. The highest BCUT2D eigenvalue weighted by atomic mass is 16.5. The van der Waals surface area contributed by atoms with Crippen LogP contribution in [0.25, 0.3) is 0 Å². The lowest BCUT2D eigenvalue weighted by molar-refractivity contribution is -0.118. The number of anilines is 2. The van der Waals surface area contributed by atoms with Gasteiger partial charge in [-0.05, 0) is 54.3 Å². The molecular formula is C21H26N2O3. The van der Waals surface area contributed by atoms with Crippen molar-refractivity contribution in [2.45, 2.75) is 33.6 Å². The van der Waals surface area contributed by atoms with Crippen LogP contribution >= 0.6 is 0 Å². The second kappa shape index (κ2) is 9.61. The van der Waals surface area contributed by atoms with E-state index in [4.69, 9.17) is 4.74 Å². The number of carbonyl (C=O) groups is 2. The number of nitrogens with one attached hydrogen (secondary N) is 2. The Hall–Kier alpha value is -2.82. The van der Waals surface area contributed by atoms with Crippen molar-refractivity contribution in [2.75, 3.05) is 17.2 Å². The summed E-state index contributed by atoms with van der Waals surface area (Å²) in [6.07, 6.45) is 1.45. The minimum absolute atomic E-state index is 0.0146. The van der Waals surface area contributed by atoms with Gasteiger partial charge >= 0.3 is 0 Å². The van der Waals surface area contributed by atoms with Crippen LogP contribution in [0, 0.1) is 5.92 Å². The third kappa shape index (κ3) is 6.59. The Kier molecular flexibility index (Phi) is 7.21. The Bertz CT molecular complexity index is 722. The molecule has 0 aliphatic heterocycles. The number of hydrogen-bond donors (Lipinski definition) is 2. The molecule has 0 aliphatic carbocycles. The van der Waals surface area contributed by atoms with Gasteiger partial charge in [-0.15, -0.1) is 0 Å². The maximum Gasteiger partial charge on any atom is 0.262 e. The summed E-state index contributed by atoms with van der Waals surface area (Å²) in [6.45, 7) is 6.03. The molecule has 0 atom stereocenters. The van der Waals surface area contributed by atoms with Crippen LogP contribution < -0.4 is 15.4 Å². The normalized spacial score (nSPS) is 10.5. The summed E-state index contributed by atoms with van der Waals surface area (Å²) in [6, 6.07) is 14.7. The Morgan fingerprint density at radius 3 is 1.92 bits per heavy atom. The first-order valence-electron chi connectivity index (χ1n) is 8.87. The number of benzene rings is 2. The van der Waals surface area contributed by atoms with Crippen molar-refractivity contribution in [2.24, 2.45) is 5.92 Å². The predicted molar refractivity (Wildman–Crippen MR) is 104 cm³/mol. The molecule has 2 amide bonds. The summed E-state index contributed by atoms with van der Waals surface area (Å²) in [5, 5.41) is 5.60. The summed E-state index contributed by atoms with van der Waals surface area (Å²) < 4.78 is 5.48. The van der Waals surface area contributed by atoms with Crippen molar-refractivity contribution in [1.29, 1.82) is 0 Å². The molecule has 2 aromatic carbocycles. The van der Waals surface area contributed by atoms with Crippen molar-refractivity contribution >= 4 is 23.2 Å². The summed E-state index contributed by atoms with van der Waals surface area (Å²) in [5.74, 6) is 0.729. The molecule has 5 heteroatoms. The van der Waals surface area contributed by atoms with Gasteiger partial charge in [0.25, 0.3) is 5.91 Å². The molecule has 0 spiro atoms. The molecule has 5 nitrogen and oxygen atoms in total. The standard InChI is InChI=1S/C21H26N2O3/c1-4-16-5-11-19(12-6-16)26-14-21(25)23-18-9-7-17(8-10-18)22-20(24)13-15(2)3/h5-12,15H,4,13-14H2,1-3H3,(H,22,24)(H,23,25). The zero-order valence-corrected chi connectivity index (χ0v) is 15.5. The van der Waals surface area contributed by atoms with Gasteiger partial charge in [0.05, 0.1) is 0 Å². The van der Waals surface area contributed by atoms with Crippen LogP contribution in [-0.4, -0.2) is 18.4 Å². The van der Waals surface area contributed by atoms with Gasteiger partial charge < -0.3 is 15.4 Å². The zero-order valence-electron chi connectivity index (χ0n) is 15.5. The van der Waals surface area contributed by atoms with Gasteiger partial charge in [0.2, 0.25) is 5.91 Å². The van der Waals surface area contributed by atoms with Gasteiger partial charge in [-0.1, -0.05) is 32.9 Å². The Morgan fingerprint density at radius 1 is 0.885 bits per heavy atom. The van der Waals surface area contributed by atoms with Crippen LogP contribution in [-0.2, 0) is 16.0 Å². The number of aryl methyl sites for hydroxylation is 1. The van der Waals surface area contributed by atoms with E-state index in [9.17, 15) is 9.59 Å². The van der Waals surface area contributed by atoms with E-state index in [-0.39, 0.29) is 18.4 Å². The van der Waals surface area contributed by atoms with Crippen molar-refractivity contribution < 1.29 is 14.3 Å². The van der Waals surface area contributed by atoms with Gasteiger partial charge in [-0.25, -0.2) is 0 Å². The minimum Gasteiger partial charge on any atom is -0.484 e. The SMILES string of the molecule is CCc1ccc(OCC(=O)Nc2ccc(NC(=O)CC(C)C)cc2)cc1. The molecule has 138 valence electrons. The highest BCUT2D eigenvalue weighted by Gasteiger charge is 2.07. The Morgan fingerprint density at radius 2 is 1.42 bits per heavy atom. The van der Waals surface area contributed by atoms with Gasteiger partial charge in [0.15, 0.2) is 6.61 Å². The fourth-order valence-electron chi connectivity index (χ4n) is 2.39. The molecule has 26 heavy (non-hydrogen) atoms. The topological polar surface area (TPSA) is 67.4 Å². The monoisotopic (exact) mass is 354 g/mol.